The predicted molar refractivity (Wildman–Crippen MR) is 106 cm³/mol. The number of benzene rings is 2. The van der Waals surface area contributed by atoms with Crippen LogP contribution < -0.4 is 14.8 Å². The SMILES string of the molecule is COc1ccc(NC(=O)c2nnn(Cc3ccc(Br)cc3)c2C)cc1OC. The van der Waals surface area contributed by atoms with Gasteiger partial charge in [0.2, 0.25) is 0 Å². The second kappa shape index (κ2) is 8.22. The maximum atomic E-state index is 12.6. The van der Waals surface area contributed by atoms with E-state index in [4.69, 9.17) is 9.47 Å². The molecule has 1 amide bonds. The number of aromatic nitrogens is 3. The number of carbonyl (C=O) groups is 1. The summed E-state index contributed by atoms with van der Waals surface area (Å²) >= 11 is 3.41. The summed E-state index contributed by atoms with van der Waals surface area (Å²) in [5, 5.41) is 11.0. The predicted octanol–water partition coefficient (Wildman–Crippen LogP) is 3.67. The Labute approximate surface area is 165 Å². The maximum absolute atomic E-state index is 12.6. The fraction of sp³-hybridized carbons (Fsp3) is 0.211. The molecule has 1 aromatic heterocycles. The Bertz CT molecular complexity index is 954. The molecule has 0 fully saturated rings. The fourth-order valence-electron chi connectivity index (χ4n) is 2.59. The van der Waals surface area contributed by atoms with E-state index in [0.29, 0.717) is 29.4 Å². The molecule has 8 heteroatoms. The Balaban J connectivity index is 1.76. The molecule has 1 heterocycles. The van der Waals surface area contributed by atoms with Gasteiger partial charge < -0.3 is 14.8 Å². The summed E-state index contributed by atoms with van der Waals surface area (Å²) in [7, 11) is 3.10. The minimum atomic E-state index is -0.332. The summed E-state index contributed by atoms with van der Waals surface area (Å²) in [6.07, 6.45) is 0. The number of carbonyl (C=O) groups excluding carboxylic acids is 1. The molecule has 0 unspecified atom stereocenters. The fourth-order valence-corrected chi connectivity index (χ4v) is 2.85. The van der Waals surface area contributed by atoms with Crippen molar-refractivity contribution in [2.45, 2.75) is 13.5 Å². The Hall–Kier alpha value is -2.87. The topological polar surface area (TPSA) is 78.3 Å². The van der Waals surface area contributed by atoms with E-state index < -0.39 is 0 Å². The van der Waals surface area contributed by atoms with Gasteiger partial charge in [-0.25, -0.2) is 4.68 Å². The van der Waals surface area contributed by atoms with Crippen molar-refractivity contribution in [2.75, 3.05) is 19.5 Å². The number of hydrogen-bond donors (Lipinski definition) is 1. The highest BCUT2D eigenvalue weighted by Crippen LogP contribution is 2.30. The number of anilines is 1. The van der Waals surface area contributed by atoms with Crippen molar-refractivity contribution in [3.05, 3.63) is 63.9 Å². The van der Waals surface area contributed by atoms with Crippen LogP contribution in [0.4, 0.5) is 5.69 Å². The van der Waals surface area contributed by atoms with Crippen molar-refractivity contribution in [1.29, 1.82) is 0 Å². The van der Waals surface area contributed by atoms with Crippen LogP contribution in [0.2, 0.25) is 0 Å². The number of hydrogen-bond acceptors (Lipinski definition) is 5. The third kappa shape index (κ3) is 4.28. The number of halogens is 1. The van der Waals surface area contributed by atoms with E-state index in [0.717, 1.165) is 10.0 Å². The van der Waals surface area contributed by atoms with Gasteiger partial charge >= 0.3 is 0 Å². The minimum Gasteiger partial charge on any atom is -0.493 e. The first-order valence-electron chi connectivity index (χ1n) is 8.19. The zero-order chi connectivity index (χ0) is 19.4. The van der Waals surface area contributed by atoms with Gasteiger partial charge in [-0.1, -0.05) is 33.3 Å². The first kappa shape index (κ1) is 18.9. The Morgan fingerprint density at radius 2 is 1.81 bits per heavy atom. The smallest absolute Gasteiger partial charge is 0.278 e. The molecule has 7 nitrogen and oxygen atoms in total. The molecule has 3 rings (SSSR count). The van der Waals surface area contributed by atoms with E-state index in [1.165, 1.54) is 0 Å². The molecule has 2 aromatic carbocycles. The second-order valence-corrected chi connectivity index (χ2v) is 6.75. The second-order valence-electron chi connectivity index (χ2n) is 5.83. The number of nitrogens with one attached hydrogen (secondary N) is 1. The van der Waals surface area contributed by atoms with Gasteiger partial charge in [-0.3, -0.25) is 4.79 Å². The number of ether oxygens (including phenoxy) is 2. The van der Waals surface area contributed by atoms with Gasteiger partial charge in [0, 0.05) is 16.2 Å². The first-order chi connectivity index (χ1) is 13.0. The highest BCUT2D eigenvalue weighted by atomic mass is 79.9. The lowest BCUT2D eigenvalue weighted by atomic mass is 10.2. The van der Waals surface area contributed by atoms with Gasteiger partial charge in [-0.15, -0.1) is 5.10 Å². The summed E-state index contributed by atoms with van der Waals surface area (Å²) in [5.41, 5.74) is 2.62. The van der Waals surface area contributed by atoms with E-state index in [1.807, 2.05) is 31.2 Å². The molecule has 27 heavy (non-hydrogen) atoms. The molecule has 0 bridgehead atoms. The van der Waals surface area contributed by atoms with Crippen LogP contribution in [0, 0.1) is 6.92 Å². The largest absolute Gasteiger partial charge is 0.493 e. The molecule has 0 radical (unpaired) electrons. The lowest BCUT2D eigenvalue weighted by Crippen LogP contribution is -2.14. The first-order valence-corrected chi connectivity index (χ1v) is 8.99. The van der Waals surface area contributed by atoms with Crippen molar-refractivity contribution in [1.82, 2.24) is 15.0 Å². The summed E-state index contributed by atoms with van der Waals surface area (Å²) < 4.78 is 13.2. The maximum Gasteiger partial charge on any atom is 0.278 e. The van der Waals surface area contributed by atoms with Gasteiger partial charge in [0.05, 0.1) is 26.5 Å². The molecular formula is C19H19BrN4O3. The van der Waals surface area contributed by atoms with Gasteiger partial charge in [-0.2, -0.15) is 0 Å². The van der Waals surface area contributed by atoms with Crippen LogP contribution in [0.25, 0.3) is 0 Å². The minimum absolute atomic E-state index is 0.280. The molecule has 0 aliphatic rings. The Morgan fingerprint density at radius 1 is 1.11 bits per heavy atom. The van der Waals surface area contributed by atoms with Crippen LogP contribution in [0.1, 0.15) is 21.7 Å². The third-order valence-corrected chi connectivity index (χ3v) is 4.61. The van der Waals surface area contributed by atoms with Gasteiger partial charge in [0.1, 0.15) is 0 Å². The molecule has 140 valence electrons. The van der Waals surface area contributed by atoms with E-state index in [-0.39, 0.29) is 11.6 Å². The van der Waals surface area contributed by atoms with Gasteiger partial charge in [-0.05, 0) is 36.8 Å². The molecule has 0 aliphatic heterocycles. The Kier molecular flexibility index (Phi) is 5.75. The number of rotatable bonds is 6. The van der Waals surface area contributed by atoms with Crippen LogP contribution in [0.5, 0.6) is 11.5 Å². The van der Waals surface area contributed by atoms with E-state index in [9.17, 15) is 4.79 Å². The zero-order valence-corrected chi connectivity index (χ0v) is 16.8. The van der Waals surface area contributed by atoms with Crippen molar-refractivity contribution in [3.8, 4) is 11.5 Å². The highest BCUT2D eigenvalue weighted by Gasteiger charge is 2.17. The molecule has 3 aromatic rings. The third-order valence-electron chi connectivity index (χ3n) is 4.08. The molecule has 1 N–H and O–H groups in total. The zero-order valence-electron chi connectivity index (χ0n) is 15.2. The van der Waals surface area contributed by atoms with Crippen molar-refractivity contribution in [2.24, 2.45) is 0 Å². The van der Waals surface area contributed by atoms with E-state index in [1.54, 1.807) is 37.1 Å². The van der Waals surface area contributed by atoms with Crippen LogP contribution in [0.15, 0.2) is 46.9 Å². The van der Waals surface area contributed by atoms with Crippen molar-refractivity contribution < 1.29 is 14.3 Å². The summed E-state index contributed by atoms with van der Waals surface area (Å²) in [5.74, 6) is 0.791. The quantitative estimate of drug-likeness (QED) is 0.645. The van der Waals surface area contributed by atoms with E-state index >= 15 is 0 Å². The average molecular weight is 431 g/mol. The van der Waals surface area contributed by atoms with Crippen LogP contribution >= 0.6 is 15.9 Å². The van der Waals surface area contributed by atoms with Crippen molar-refractivity contribution in [3.63, 3.8) is 0 Å². The summed E-state index contributed by atoms with van der Waals surface area (Å²) in [6, 6.07) is 13.1. The molecule has 0 spiro atoms. The van der Waals surface area contributed by atoms with Gasteiger partial charge in [0.25, 0.3) is 5.91 Å². The number of methoxy groups -OCH3 is 2. The standard InChI is InChI=1S/C19H19BrN4O3/c1-12-18(22-23-24(12)11-13-4-6-14(20)7-5-13)19(25)21-15-8-9-16(26-2)17(10-15)27-3/h4-10H,11H2,1-3H3,(H,21,25). The van der Waals surface area contributed by atoms with Crippen LogP contribution in [0.3, 0.4) is 0 Å². The molecule has 0 saturated carbocycles. The highest BCUT2D eigenvalue weighted by molar-refractivity contribution is 9.10. The molecule has 0 aliphatic carbocycles. The molecular weight excluding hydrogens is 412 g/mol. The summed E-state index contributed by atoms with van der Waals surface area (Å²) in [4.78, 5) is 12.6. The van der Waals surface area contributed by atoms with Gasteiger partial charge in [0.15, 0.2) is 17.2 Å². The summed E-state index contributed by atoms with van der Waals surface area (Å²) in [6.45, 7) is 2.36. The van der Waals surface area contributed by atoms with E-state index in [2.05, 4.69) is 31.6 Å². The lowest BCUT2D eigenvalue weighted by Gasteiger charge is -2.10. The van der Waals surface area contributed by atoms with Crippen LogP contribution in [-0.4, -0.2) is 35.1 Å². The normalized spacial score (nSPS) is 10.5. The lowest BCUT2D eigenvalue weighted by molar-refractivity contribution is 0.102. The number of amides is 1. The average Bonchev–Trinajstić information content (AvgIpc) is 3.04. The van der Waals surface area contributed by atoms with Crippen molar-refractivity contribution >= 4 is 27.5 Å². The molecule has 0 atom stereocenters. The van der Waals surface area contributed by atoms with Crippen LogP contribution in [-0.2, 0) is 6.54 Å². The Morgan fingerprint density at radius 3 is 2.48 bits per heavy atom. The number of nitrogens with zero attached hydrogens (tertiary/aromatic N) is 3. The molecule has 0 saturated heterocycles. The monoisotopic (exact) mass is 430 g/mol.